The fourth-order valence-corrected chi connectivity index (χ4v) is 3.76. The molecule has 28 heavy (non-hydrogen) atoms. The Kier molecular flexibility index (Phi) is 4.32. The standard InChI is InChI=1S/C20H24ClN7/c1-20(2,3)28-19-14(18(22)23-10-24-19)16(26-28)17-15(21)12-7-6-11(9-27(4)5)8-13(12)25-17/h6-8,10,25H,9H2,1-5H3,(H2,22,23,24). The second-order valence-corrected chi connectivity index (χ2v) is 8.70. The van der Waals surface area contributed by atoms with E-state index in [1.807, 2.05) is 24.8 Å². The van der Waals surface area contributed by atoms with E-state index in [2.05, 4.69) is 52.8 Å². The van der Waals surface area contributed by atoms with Crippen LogP contribution in [0, 0.1) is 0 Å². The van der Waals surface area contributed by atoms with Gasteiger partial charge in [-0.2, -0.15) is 5.10 Å². The van der Waals surface area contributed by atoms with Crippen LogP contribution in [0.15, 0.2) is 24.5 Å². The SMILES string of the molecule is CN(C)Cc1ccc2c(Cl)c(-c3nn(C(C)(C)C)c4ncnc(N)c34)[nH]c2c1. The number of nitrogens with two attached hydrogens (primary N) is 1. The molecule has 3 aromatic heterocycles. The molecule has 8 heteroatoms. The van der Waals surface area contributed by atoms with Crippen molar-refractivity contribution in [1.82, 2.24) is 29.6 Å². The summed E-state index contributed by atoms with van der Waals surface area (Å²) in [6.45, 7) is 7.07. The van der Waals surface area contributed by atoms with Crippen LogP contribution in [0.4, 0.5) is 5.82 Å². The molecule has 4 aromatic rings. The molecular formula is C20H24ClN7. The number of hydrogen-bond donors (Lipinski definition) is 2. The van der Waals surface area contributed by atoms with E-state index in [-0.39, 0.29) is 5.54 Å². The van der Waals surface area contributed by atoms with E-state index in [9.17, 15) is 0 Å². The molecule has 3 N–H and O–H groups in total. The number of H-pyrrole nitrogens is 1. The van der Waals surface area contributed by atoms with Gasteiger partial charge in [-0.3, -0.25) is 0 Å². The van der Waals surface area contributed by atoms with E-state index in [0.29, 0.717) is 27.6 Å². The van der Waals surface area contributed by atoms with Gasteiger partial charge in [-0.25, -0.2) is 14.6 Å². The normalized spacial score (nSPS) is 12.5. The molecule has 0 aliphatic carbocycles. The quantitative estimate of drug-likeness (QED) is 0.544. The molecule has 0 unspecified atom stereocenters. The van der Waals surface area contributed by atoms with Crippen molar-refractivity contribution in [2.75, 3.05) is 19.8 Å². The Morgan fingerprint density at radius 2 is 1.96 bits per heavy atom. The molecule has 3 heterocycles. The van der Waals surface area contributed by atoms with Gasteiger partial charge >= 0.3 is 0 Å². The number of benzene rings is 1. The highest BCUT2D eigenvalue weighted by atomic mass is 35.5. The summed E-state index contributed by atoms with van der Waals surface area (Å²) in [6.07, 6.45) is 1.46. The number of fused-ring (bicyclic) bond motifs is 2. The lowest BCUT2D eigenvalue weighted by Gasteiger charge is -2.19. The maximum atomic E-state index is 6.75. The predicted octanol–water partition coefficient (Wildman–Crippen LogP) is 4.03. The van der Waals surface area contributed by atoms with Gasteiger partial charge in [0.2, 0.25) is 0 Å². The summed E-state index contributed by atoms with van der Waals surface area (Å²) in [5.41, 5.74) is 10.2. The smallest absolute Gasteiger partial charge is 0.164 e. The lowest BCUT2D eigenvalue weighted by Crippen LogP contribution is -2.23. The van der Waals surface area contributed by atoms with E-state index >= 15 is 0 Å². The van der Waals surface area contributed by atoms with E-state index in [1.165, 1.54) is 11.9 Å². The number of nitrogen functional groups attached to an aromatic ring is 1. The van der Waals surface area contributed by atoms with Gasteiger partial charge in [0.05, 0.1) is 21.6 Å². The monoisotopic (exact) mass is 397 g/mol. The zero-order valence-electron chi connectivity index (χ0n) is 16.7. The summed E-state index contributed by atoms with van der Waals surface area (Å²) in [6, 6.07) is 6.25. The molecule has 0 spiro atoms. The second-order valence-electron chi connectivity index (χ2n) is 8.32. The van der Waals surface area contributed by atoms with E-state index in [4.69, 9.17) is 22.4 Å². The lowest BCUT2D eigenvalue weighted by molar-refractivity contribution is 0.366. The molecule has 4 rings (SSSR count). The maximum absolute atomic E-state index is 6.75. The summed E-state index contributed by atoms with van der Waals surface area (Å²) in [4.78, 5) is 14.2. The molecule has 0 aliphatic rings. The third kappa shape index (κ3) is 3.00. The number of hydrogen-bond acceptors (Lipinski definition) is 5. The summed E-state index contributed by atoms with van der Waals surface area (Å²) in [5, 5.41) is 7.11. The summed E-state index contributed by atoms with van der Waals surface area (Å²) < 4.78 is 1.87. The molecule has 0 radical (unpaired) electrons. The molecule has 0 fully saturated rings. The molecule has 1 aromatic carbocycles. The topological polar surface area (TPSA) is 88.7 Å². The Hall–Kier alpha value is -2.64. The van der Waals surface area contributed by atoms with Crippen LogP contribution in [-0.2, 0) is 12.1 Å². The minimum atomic E-state index is -0.269. The highest BCUT2D eigenvalue weighted by Gasteiger charge is 2.26. The first-order valence-electron chi connectivity index (χ1n) is 9.11. The van der Waals surface area contributed by atoms with Crippen molar-refractivity contribution in [3.05, 3.63) is 35.1 Å². The number of nitrogens with zero attached hydrogens (tertiary/aromatic N) is 5. The first-order valence-corrected chi connectivity index (χ1v) is 9.49. The van der Waals surface area contributed by atoms with Gasteiger partial charge in [-0.15, -0.1) is 0 Å². The van der Waals surface area contributed by atoms with Crippen LogP contribution in [0.2, 0.25) is 5.02 Å². The minimum Gasteiger partial charge on any atom is -0.383 e. The van der Waals surface area contributed by atoms with Crippen molar-refractivity contribution in [1.29, 1.82) is 0 Å². The van der Waals surface area contributed by atoms with Gasteiger partial charge in [0, 0.05) is 17.4 Å². The van der Waals surface area contributed by atoms with Crippen LogP contribution in [0.25, 0.3) is 33.3 Å². The Bertz CT molecular complexity index is 1180. The Balaban J connectivity index is 1.98. The van der Waals surface area contributed by atoms with E-state index < -0.39 is 0 Å². The van der Waals surface area contributed by atoms with Crippen molar-refractivity contribution < 1.29 is 0 Å². The van der Waals surface area contributed by atoms with Crippen LogP contribution in [0.3, 0.4) is 0 Å². The third-order valence-corrected chi connectivity index (χ3v) is 5.06. The van der Waals surface area contributed by atoms with Gasteiger partial charge in [-0.05, 0) is 46.5 Å². The van der Waals surface area contributed by atoms with Crippen LogP contribution in [0.1, 0.15) is 26.3 Å². The van der Waals surface area contributed by atoms with Crippen LogP contribution < -0.4 is 5.73 Å². The second kappa shape index (κ2) is 6.46. The molecule has 0 amide bonds. The summed E-state index contributed by atoms with van der Waals surface area (Å²) >= 11 is 6.75. The highest BCUT2D eigenvalue weighted by Crippen LogP contribution is 2.39. The number of aromatic amines is 1. The van der Waals surface area contributed by atoms with Gasteiger partial charge in [0.15, 0.2) is 5.65 Å². The van der Waals surface area contributed by atoms with Gasteiger partial charge in [0.25, 0.3) is 0 Å². The first-order chi connectivity index (χ1) is 13.2. The minimum absolute atomic E-state index is 0.269. The Morgan fingerprint density at radius 3 is 2.64 bits per heavy atom. The number of halogens is 1. The Labute approximate surface area is 168 Å². The molecular weight excluding hydrogens is 374 g/mol. The van der Waals surface area contributed by atoms with Crippen molar-refractivity contribution >= 4 is 39.4 Å². The number of nitrogens with one attached hydrogen (secondary N) is 1. The predicted molar refractivity (Wildman–Crippen MR) is 114 cm³/mol. The molecule has 0 saturated heterocycles. The first kappa shape index (κ1) is 18.7. The number of anilines is 1. The van der Waals surface area contributed by atoms with Gasteiger partial charge in [0.1, 0.15) is 17.8 Å². The average Bonchev–Trinajstić information content (AvgIpc) is 3.13. The molecule has 7 nitrogen and oxygen atoms in total. The van der Waals surface area contributed by atoms with Crippen molar-refractivity contribution in [3.8, 4) is 11.4 Å². The molecule has 0 atom stereocenters. The highest BCUT2D eigenvalue weighted by molar-refractivity contribution is 6.38. The summed E-state index contributed by atoms with van der Waals surface area (Å²) in [7, 11) is 4.09. The van der Waals surface area contributed by atoms with E-state index in [0.717, 1.165) is 23.1 Å². The molecule has 0 bridgehead atoms. The molecule has 0 aliphatic heterocycles. The summed E-state index contributed by atoms with van der Waals surface area (Å²) in [5.74, 6) is 0.388. The average molecular weight is 398 g/mol. The lowest BCUT2D eigenvalue weighted by atomic mass is 10.1. The molecule has 0 saturated carbocycles. The number of rotatable bonds is 3. The van der Waals surface area contributed by atoms with E-state index in [1.54, 1.807) is 0 Å². The maximum Gasteiger partial charge on any atom is 0.164 e. The zero-order chi connectivity index (χ0) is 20.2. The van der Waals surface area contributed by atoms with Gasteiger partial charge in [-0.1, -0.05) is 23.7 Å². The van der Waals surface area contributed by atoms with Gasteiger partial charge < -0.3 is 15.6 Å². The zero-order valence-corrected chi connectivity index (χ0v) is 17.5. The fraction of sp³-hybridized carbons (Fsp3) is 0.350. The van der Waals surface area contributed by atoms with Crippen LogP contribution in [-0.4, -0.2) is 43.7 Å². The van der Waals surface area contributed by atoms with Crippen molar-refractivity contribution in [2.45, 2.75) is 32.9 Å². The Morgan fingerprint density at radius 1 is 1.21 bits per heavy atom. The van der Waals surface area contributed by atoms with Crippen LogP contribution >= 0.6 is 11.6 Å². The fourth-order valence-electron chi connectivity index (χ4n) is 3.45. The third-order valence-electron chi connectivity index (χ3n) is 4.66. The largest absolute Gasteiger partial charge is 0.383 e. The number of aromatic nitrogens is 5. The van der Waals surface area contributed by atoms with Crippen molar-refractivity contribution in [2.24, 2.45) is 0 Å². The van der Waals surface area contributed by atoms with Crippen LogP contribution in [0.5, 0.6) is 0 Å². The van der Waals surface area contributed by atoms with Crippen molar-refractivity contribution in [3.63, 3.8) is 0 Å². The molecule has 146 valence electrons.